The van der Waals surface area contributed by atoms with Gasteiger partial charge in [-0.2, -0.15) is 0 Å². The van der Waals surface area contributed by atoms with Gasteiger partial charge in [0.1, 0.15) is 0 Å². The SMILES string of the molecule is CC.CC.CNCCCN1CCN(CCCNC)CC1. The van der Waals surface area contributed by atoms with E-state index in [0.29, 0.717) is 0 Å². The van der Waals surface area contributed by atoms with Gasteiger partial charge in [-0.25, -0.2) is 0 Å². The van der Waals surface area contributed by atoms with Crippen molar-refractivity contribution < 1.29 is 0 Å². The summed E-state index contributed by atoms with van der Waals surface area (Å²) < 4.78 is 0. The summed E-state index contributed by atoms with van der Waals surface area (Å²) in [6, 6.07) is 0. The Bertz CT molecular complexity index is 139. The van der Waals surface area contributed by atoms with Crippen LogP contribution in [0.25, 0.3) is 0 Å². The maximum Gasteiger partial charge on any atom is 0.0110 e. The van der Waals surface area contributed by atoms with Crippen LogP contribution >= 0.6 is 0 Å². The standard InChI is InChI=1S/C12H28N4.2C2H6/c1-13-5-3-7-15-9-11-16(12-10-15)8-4-6-14-2;2*1-2/h13-14H,3-12H2,1-2H3;2*1-2H3. The molecule has 0 aromatic heterocycles. The molecule has 0 aromatic carbocycles. The van der Waals surface area contributed by atoms with E-state index in [0.717, 1.165) is 13.1 Å². The third-order valence-electron chi connectivity index (χ3n) is 3.27. The molecular formula is C16H40N4. The third-order valence-corrected chi connectivity index (χ3v) is 3.27. The van der Waals surface area contributed by atoms with Crippen molar-refractivity contribution in [1.29, 1.82) is 0 Å². The van der Waals surface area contributed by atoms with E-state index in [2.05, 4.69) is 20.4 Å². The molecule has 0 amide bonds. The summed E-state index contributed by atoms with van der Waals surface area (Å²) in [6.07, 6.45) is 2.55. The normalized spacial score (nSPS) is 15.9. The van der Waals surface area contributed by atoms with Gasteiger partial charge in [0.25, 0.3) is 0 Å². The van der Waals surface area contributed by atoms with Crippen molar-refractivity contribution in [3.63, 3.8) is 0 Å². The molecule has 0 unspecified atom stereocenters. The summed E-state index contributed by atoms with van der Waals surface area (Å²) in [6.45, 7) is 17.8. The van der Waals surface area contributed by atoms with Crippen LogP contribution in [0.5, 0.6) is 0 Å². The van der Waals surface area contributed by atoms with Crippen molar-refractivity contribution in [1.82, 2.24) is 20.4 Å². The molecule has 1 heterocycles. The van der Waals surface area contributed by atoms with Crippen LogP contribution < -0.4 is 10.6 Å². The van der Waals surface area contributed by atoms with Crippen LogP contribution in [-0.4, -0.2) is 76.3 Å². The third kappa shape index (κ3) is 12.9. The number of nitrogens with zero attached hydrogens (tertiary/aromatic N) is 2. The van der Waals surface area contributed by atoms with Gasteiger partial charge in [-0.05, 0) is 53.1 Å². The lowest BCUT2D eigenvalue weighted by Crippen LogP contribution is -2.47. The minimum absolute atomic E-state index is 1.14. The summed E-state index contributed by atoms with van der Waals surface area (Å²) in [5.74, 6) is 0. The summed E-state index contributed by atoms with van der Waals surface area (Å²) >= 11 is 0. The van der Waals surface area contributed by atoms with Gasteiger partial charge in [0.2, 0.25) is 0 Å². The van der Waals surface area contributed by atoms with E-state index >= 15 is 0 Å². The van der Waals surface area contributed by atoms with Gasteiger partial charge in [-0.15, -0.1) is 0 Å². The lowest BCUT2D eigenvalue weighted by Gasteiger charge is -2.34. The molecule has 1 fully saturated rings. The molecule has 0 saturated carbocycles. The zero-order valence-corrected chi connectivity index (χ0v) is 15.0. The Hall–Kier alpha value is -0.160. The van der Waals surface area contributed by atoms with Crippen LogP contribution in [0, 0.1) is 0 Å². The number of nitrogens with one attached hydrogen (secondary N) is 2. The van der Waals surface area contributed by atoms with Crippen LogP contribution in [0.15, 0.2) is 0 Å². The molecule has 0 atom stereocenters. The molecule has 20 heavy (non-hydrogen) atoms. The molecule has 0 aromatic rings. The fourth-order valence-corrected chi connectivity index (χ4v) is 2.20. The quantitative estimate of drug-likeness (QED) is 0.668. The fraction of sp³-hybridized carbons (Fsp3) is 1.00. The molecule has 124 valence electrons. The number of hydrogen-bond acceptors (Lipinski definition) is 4. The Morgan fingerprint density at radius 3 is 1.20 bits per heavy atom. The molecular weight excluding hydrogens is 248 g/mol. The zero-order valence-electron chi connectivity index (χ0n) is 15.0. The molecule has 0 radical (unpaired) electrons. The number of piperazine rings is 1. The van der Waals surface area contributed by atoms with Crippen LogP contribution in [0.4, 0.5) is 0 Å². The van der Waals surface area contributed by atoms with Crippen molar-refractivity contribution in [3.05, 3.63) is 0 Å². The average Bonchev–Trinajstić information content (AvgIpc) is 2.53. The van der Waals surface area contributed by atoms with Crippen molar-refractivity contribution in [2.75, 3.05) is 66.5 Å². The van der Waals surface area contributed by atoms with Gasteiger partial charge >= 0.3 is 0 Å². The summed E-state index contributed by atoms with van der Waals surface area (Å²) in [4.78, 5) is 5.18. The van der Waals surface area contributed by atoms with E-state index in [1.54, 1.807) is 0 Å². The monoisotopic (exact) mass is 288 g/mol. The van der Waals surface area contributed by atoms with Crippen molar-refractivity contribution >= 4 is 0 Å². The van der Waals surface area contributed by atoms with E-state index in [9.17, 15) is 0 Å². The first-order chi connectivity index (χ1) is 9.86. The highest BCUT2D eigenvalue weighted by molar-refractivity contribution is 4.72. The first kappa shape index (κ1) is 22.1. The minimum Gasteiger partial charge on any atom is -0.320 e. The Kier molecular flexibility index (Phi) is 20.8. The highest BCUT2D eigenvalue weighted by Crippen LogP contribution is 2.02. The molecule has 0 spiro atoms. The van der Waals surface area contributed by atoms with E-state index in [4.69, 9.17) is 0 Å². The molecule has 1 aliphatic heterocycles. The first-order valence-corrected chi connectivity index (χ1v) is 8.60. The Morgan fingerprint density at radius 1 is 0.650 bits per heavy atom. The Morgan fingerprint density at radius 2 is 0.950 bits per heavy atom. The maximum absolute atomic E-state index is 3.21. The molecule has 1 rings (SSSR count). The van der Waals surface area contributed by atoms with Crippen molar-refractivity contribution in [3.8, 4) is 0 Å². The van der Waals surface area contributed by atoms with Crippen LogP contribution in [0.1, 0.15) is 40.5 Å². The minimum atomic E-state index is 1.14. The maximum atomic E-state index is 3.21. The molecule has 4 heteroatoms. The highest BCUT2D eigenvalue weighted by atomic mass is 15.3. The van der Waals surface area contributed by atoms with Gasteiger partial charge in [-0.3, -0.25) is 0 Å². The fourth-order valence-electron chi connectivity index (χ4n) is 2.20. The number of rotatable bonds is 8. The predicted molar refractivity (Wildman–Crippen MR) is 92.7 cm³/mol. The number of hydrogen-bond donors (Lipinski definition) is 2. The van der Waals surface area contributed by atoms with Gasteiger partial charge in [0.05, 0.1) is 0 Å². The molecule has 0 bridgehead atoms. The summed E-state index contributed by atoms with van der Waals surface area (Å²) in [5, 5.41) is 6.41. The van der Waals surface area contributed by atoms with Gasteiger partial charge in [0, 0.05) is 26.2 Å². The predicted octanol–water partition coefficient (Wildman–Crippen LogP) is 1.88. The Balaban J connectivity index is 0. The second-order valence-corrected chi connectivity index (χ2v) is 4.60. The van der Waals surface area contributed by atoms with E-state index < -0.39 is 0 Å². The molecule has 2 N–H and O–H groups in total. The van der Waals surface area contributed by atoms with Gasteiger partial charge < -0.3 is 20.4 Å². The van der Waals surface area contributed by atoms with Crippen LogP contribution in [0.3, 0.4) is 0 Å². The second kappa shape index (κ2) is 18.8. The van der Waals surface area contributed by atoms with E-state index in [1.165, 1.54) is 52.1 Å². The van der Waals surface area contributed by atoms with E-state index in [1.807, 2.05) is 41.8 Å². The molecule has 1 saturated heterocycles. The largest absolute Gasteiger partial charge is 0.320 e. The van der Waals surface area contributed by atoms with Gasteiger partial charge in [-0.1, -0.05) is 27.7 Å². The second-order valence-electron chi connectivity index (χ2n) is 4.60. The average molecular weight is 289 g/mol. The Labute approximate surface area is 128 Å². The zero-order chi connectivity index (χ0) is 15.6. The molecule has 0 aliphatic carbocycles. The van der Waals surface area contributed by atoms with E-state index in [-0.39, 0.29) is 0 Å². The summed E-state index contributed by atoms with van der Waals surface area (Å²) in [7, 11) is 4.05. The van der Waals surface area contributed by atoms with Crippen LogP contribution in [-0.2, 0) is 0 Å². The molecule has 1 aliphatic rings. The lowest BCUT2D eigenvalue weighted by molar-refractivity contribution is 0.130. The first-order valence-electron chi connectivity index (χ1n) is 8.60. The topological polar surface area (TPSA) is 30.5 Å². The van der Waals surface area contributed by atoms with Crippen molar-refractivity contribution in [2.24, 2.45) is 0 Å². The van der Waals surface area contributed by atoms with Gasteiger partial charge in [0.15, 0.2) is 0 Å². The molecule has 4 nitrogen and oxygen atoms in total. The lowest BCUT2D eigenvalue weighted by atomic mass is 10.2. The van der Waals surface area contributed by atoms with Crippen LogP contribution in [0.2, 0.25) is 0 Å². The van der Waals surface area contributed by atoms with Crippen molar-refractivity contribution in [2.45, 2.75) is 40.5 Å². The highest BCUT2D eigenvalue weighted by Gasteiger charge is 2.15. The smallest absolute Gasteiger partial charge is 0.0110 e. The summed E-state index contributed by atoms with van der Waals surface area (Å²) in [5.41, 5.74) is 0.